The molecule has 4 atom stereocenters. The van der Waals surface area contributed by atoms with Crippen LogP contribution in [0.3, 0.4) is 0 Å². The maximum atomic E-state index is 12.8. The van der Waals surface area contributed by atoms with Crippen LogP contribution >= 0.6 is 0 Å². The molecule has 0 saturated heterocycles. The number of ketones is 1. The lowest BCUT2D eigenvalue weighted by molar-refractivity contribution is -0.124. The van der Waals surface area contributed by atoms with Gasteiger partial charge in [-0.1, -0.05) is 35.9 Å². The Morgan fingerprint density at radius 1 is 1.21 bits per heavy atom. The summed E-state index contributed by atoms with van der Waals surface area (Å²) in [5, 5.41) is 18.2. The van der Waals surface area contributed by atoms with Gasteiger partial charge in [0.1, 0.15) is 17.2 Å². The van der Waals surface area contributed by atoms with E-state index in [0.29, 0.717) is 24.5 Å². The molecular weight excluding hydrogens is 412 g/mol. The lowest BCUT2D eigenvalue weighted by Gasteiger charge is -2.21. The predicted octanol–water partition coefficient (Wildman–Crippen LogP) is 5.02. The summed E-state index contributed by atoms with van der Waals surface area (Å²) < 4.78 is 7.02. The second-order valence-electron chi connectivity index (χ2n) is 9.43. The van der Waals surface area contributed by atoms with Crippen LogP contribution in [0.25, 0.3) is 16.9 Å². The van der Waals surface area contributed by atoms with Crippen molar-refractivity contribution in [1.29, 1.82) is 5.26 Å². The zero-order valence-corrected chi connectivity index (χ0v) is 18.9. The first-order valence-corrected chi connectivity index (χ1v) is 11.7. The number of rotatable bonds is 8. The molecule has 0 unspecified atom stereocenters. The van der Waals surface area contributed by atoms with E-state index >= 15 is 0 Å². The highest BCUT2D eigenvalue weighted by atomic mass is 16.5. The van der Waals surface area contributed by atoms with E-state index in [9.17, 15) is 10.1 Å². The minimum absolute atomic E-state index is 0.202. The minimum atomic E-state index is -0.270. The highest BCUT2D eigenvalue weighted by molar-refractivity contribution is 5.82. The molecule has 2 saturated carbocycles. The molecule has 0 amide bonds. The smallest absolute Gasteiger partial charge is 0.137 e. The molecule has 6 nitrogen and oxygen atoms in total. The van der Waals surface area contributed by atoms with Gasteiger partial charge in [0.15, 0.2) is 0 Å². The van der Waals surface area contributed by atoms with E-state index < -0.39 is 0 Å². The summed E-state index contributed by atoms with van der Waals surface area (Å²) >= 11 is 0. The molecule has 0 radical (unpaired) electrons. The number of methoxy groups -OCH3 is 1. The van der Waals surface area contributed by atoms with E-state index in [0.717, 1.165) is 40.6 Å². The van der Waals surface area contributed by atoms with Gasteiger partial charge in [-0.2, -0.15) is 5.26 Å². The Morgan fingerprint density at radius 3 is 2.76 bits per heavy atom. The Labute approximate surface area is 194 Å². The molecule has 33 heavy (non-hydrogen) atoms. The molecular formula is C27H28N4O2. The molecule has 0 aliphatic heterocycles. The van der Waals surface area contributed by atoms with Gasteiger partial charge in [-0.25, -0.2) is 4.68 Å². The highest BCUT2D eigenvalue weighted by Gasteiger charge is 2.43. The van der Waals surface area contributed by atoms with Crippen molar-refractivity contribution in [2.75, 3.05) is 7.11 Å². The Hall–Kier alpha value is -3.46. The third kappa shape index (κ3) is 4.54. The monoisotopic (exact) mass is 440 g/mol. The van der Waals surface area contributed by atoms with Crippen LogP contribution in [-0.2, 0) is 11.2 Å². The molecule has 1 aromatic heterocycles. The standard InChI is InChI=1S/C27H28N4O2/c1-33-24-4-2-3-22(15-24)26-17-31(30-29-26)23-9-6-18(7-10-23)11-20(16-28)14-27(32)25-13-19-5-8-21(25)12-19/h2-4,6-7,9-10,15,17,19-21,25H,5,8,11-14H2,1H3/t19-,20-,21+,25+/m1/s1. The molecule has 2 bridgehead atoms. The molecule has 2 aliphatic rings. The molecule has 6 heteroatoms. The Morgan fingerprint density at radius 2 is 2.06 bits per heavy atom. The first-order chi connectivity index (χ1) is 16.1. The van der Waals surface area contributed by atoms with Crippen LogP contribution in [0.15, 0.2) is 54.7 Å². The van der Waals surface area contributed by atoms with Crippen molar-refractivity contribution in [3.05, 3.63) is 60.3 Å². The number of benzene rings is 2. The van der Waals surface area contributed by atoms with Gasteiger partial charge in [0, 0.05) is 17.9 Å². The number of fused-ring (bicyclic) bond motifs is 2. The first kappa shape index (κ1) is 21.4. The quantitative estimate of drug-likeness (QED) is 0.491. The highest BCUT2D eigenvalue weighted by Crippen LogP contribution is 2.49. The summed E-state index contributed by atoms with van der Waals surface area (Å²) in [4.78, 5) is 12.8. The zero-order valence-electron chi connectivity index (χ0n) is 18.9. The second-order valence-corrected chi connectivity index (χ2v) is 9.43. The molecule has 5 rings (SSSR count). The summed E-state index contributed by atoms with van der Waals surface area (Å²) in [6, 6.07) is 18.1. The van der Waals surface area contributed by atoms with Gasteiger partial charge in [-0.3, -0.25) is 4.79 Å². The summed E-state index contributed by atoms with van der Waals surface area (Å²) in [6.45, 7) is 0. The van der Waals surface area contributed by atoms with Gasteiger partial charge < -0.3 is 4.74 Å². The summed E-state index contributed by atoms with van der Waals surface area (Å²) in [7, 11) is 1.64. The van der Waals surface area contributed by atoms with Crippen LogP contribution in [0, 0.1) is 35.0 Å². The first-order valence-electron chi connectivity index (χ1n) is 11.7. The number of carbonyl (C=O) groups excluding carboxylic acids is 1. The van der Waals surface area contributed by atoms with Gasteiger partial charge >= 0.3 is 0 Å². The van der Waals surface area contributed by atoms with Gasteiger partial charge in [-0.15, -0.1) is 5.10 Å². The van der Waals surface area contributed by atoms with Crippen molar-refractivity contribution < 1.29 is 9.53 Å². The van der Waals surface area contributed by atoms with Crippen LogP contribution in [0.2, 0.25) is 0 Å². The van der Waals surface area contributed by atoms with E-state index in [1.165, 1.54) is 19.3 Å². The zero-order chi connectivity index (χ0) is 22.8. The largest absolute Gasteiger partial charge is 0.497 e. The number of hydrogen-bond donors (Lipinski definition) is 0. The molecule has 3 aromatic rings. The third-order valence-corrected chi connectivity index (χ3v) is 7.32. The average molecular weight is 441 g/mol. The topological polar surface area (TPSA) is 80.8 Å². The van der Waals surface area contributed by atoms with Crippen LogP contribution in [-0.4, -0.2) is 27.9 Å². The van der Waals surface area contributed by atoms with E-state index in [-0.39, 0.29) is 11.8 Å². The van der Waals surface area contributed by atoms with Crippen molar-refractivity contribution in [3.8, 4) is 28.8 Å². The summed E-state index contributed by atoms with van der Waals surface area (Å²) in [5.74, 6) is 2.33. The molecule has 2 fully saturated rings. The Bertz CT molecular complexity index is 1180. The van der Waals surface area contributed by atoms with Gasteiger partial charge in [0.25, 0.3) is 0 Å². The lowest BCUT2D eigenvalue weighted by Crippen LogP contribution is -2.23. The normalized spacial score (nSPS) is 22.1. The van der Waals surface area contributed by atoms with Gasteiger partial charge in [-0.05, 0) is 67.3 Å². The number of Topliss-reactive ketones (excluding diaryl/α,β-unsaturated/α-hetero) is 1. The van der Waals surface area contributed by atoms with Gasteiger partial charge in [0.2, 0.25) is 0 Å². The Balaban J connectivity index is 1.22. The minimum Gasteiger partial charge on any atom is -0.497 e. The van der Waals surface area contributed by atoms with Crippen molar-refractivity contribution in [2.24, 2.45) is 23.7 Å². The fraction of sp³-hybridized carbons (Fsp3) is 0.407. The fourth-order valence-corrected chi connectivity index (χ4v) is 5.57. The van der Waals surface area contributed by atoms with Crippen molar-refractivity contribution in [2.45, 2.75) is 38.5 Å². The number of aromatic nitrogens is 3. The van der Waals surface area contributed by atoms with Crippen LogP contribution < -0.4 is 4.74 Å². The maximum absolute atomic E-state index is 12.8. The molecule has 1 heterocycles. The van der Waals surface area contributed by atoms with E-state index in [2.05, 4.69) is 16.4 Å². The maximum Gasteiger partial charge on any atom is 0.137 e. The Kier molecular flexibility index (Phi) is 5.95. The summed E-state index contributed by atoms with van der Waals surface area (Å²) in [5.41, 5.74) is 3.65. The van der Waals surface area contributed by atoms with E-state index in [1.54, 1.807) is 11.8 Å². The van der Waals surface area contributed by atoms with Crippen LogP contribution in [0.5, 0.6) is 5.75 Å². The third-order valence-electron chi connectivity index (χ3n) is 7.32. The number of nitriles is 1. The number of carbonyl (C=O) groups is 1. The fourth-order valence-electron chi connectivity index (χ4n) is 5.57. The molecule has 2 aliphatic carbocycles. The van der Waals surface area contributed by atoms with Crippen LogP contribution in [0.4, 0.5) is 0 Å². The van der Waals surface area contributed by atoms with Crippen LogP contribution in [0.1, 0.15) is 37.7 Å². The predicted molar refractivity (Wildman–Crippen MR) is 125 cm³/mol. The van der Waals surface area contributed by atoms with Crippen molar-refractivity contribution in [1.82, 2.24) is 15.0 Å². The molecule has 2 aromatic carbocycles. The van der Waals surface area contributed by atoms with Gasteiger partial charge in [0.05, 0.1) is 31.0 Å². The second kappa shape index (κ2) is 9.19. The molecule has 0 N–H and O–H groups in total. The van der Waals surface area contributed by atoms with Crippen molar-refractivity contribution >= 4 is 5.78 Å². The average Bonchev–Trinajstić information content (AvgIpc) is 3.61. The van der Waals surface area contributed by atoms with E-state index in [4.69, 9.17) is 4.74 Å². The van der Waals surface area contributed by atoms with Crippen molar-refractivity contribution in [3.63, 3.8) is 0 Å². The SMILES string of the molecule is COc1cccc(-c2cn(-c3ccc(C[C@@H](C#N)CC(=O)[C@H]4C[C@@H]5CC[C@H]4C5)cc3)nn2)c1. The molecule has 168 valence electrons. The lowest BCUT2D eigenvalue weighted by atomic mass is 9.82. The van der Waals surface area contributed by atoms with E-state index in [1.807, 2.05) is 54.7 Å². The number of ether oxygens (including phenoxy) is 1. The number of hydrogen-bond acceptors (Lipinski definition) is 5. The number of nitrogens with zero attached hydrogens (tertiary/aromatic N) is 4. The molecule has 0 spiro atoms. The summed E-state index contributed by atoms with van der Waals surface area (Å²) in [6.07, 6.45) is 7.60.